The van der Waals surface area contributed by atoms with E-state index in [4.69, 9.17) is 5.11 Å². The summed E-state index contributed by atoms with van der Waals surface area (Å²) in [5, 5.41) is 8.20. The van der Waals surface area contributed by atoms with Gasteiger partial charge in [-0.2, -0.15) is 0 Å². The molecule has 0 saturated heterocycles. The van der Waals surface area contributed by atoms with E-state index in [1.165, 1.54) is 12.5 Å². The zero-order valence-electron chi connectivity index (χ0n) is 5.61. The molecule has 1 heterocycles. The first kappa shape index (κ1) is 7.53. The average molecular weight is 154 g/mol. The normalized spacial score (nSPS) is 9.45. The average Bonchev–Trinajstić information content (AvgIpc) is 2.39. The number of hydrogen-bond donors (Lipinski definition) is 1. The predicted molar refractivity (Wildman–Crippen MR) is 35.1 cm³/mol. The number of carbonyl (C=O) groups excluding carboxylic acids is 1. The molecule has 1 aromatic heterocycles. The van der Waals surface area contributed by atoms with Crippen molar-refractivity contribution in [2.24, 2.45) is 0 Å². The monoisotopic (exact) mass is 154 g/mol. The van der Waals surface area contributed by atoms with E-state index in [0.29, 0.717) is 5.56 Å². The van der Waals surface area contributed by atoms with Crippen LogP contribution in [0.1, 0.15) is 5.56 Å². The molecule has 0 atom stereocenters. The van der Waals surface area contributed by atoms with Crippen LogP contribution in [0, 0.1) is 0 Å². The van der Waals surface area contributed by atoms with Crippen LogP contribution in [0.5, 0.6) is 0 Å². The zero-order valence-corrected chi connectivity index (χ0v) is 5.61. The number of furan rings is 1. The summed E-state index contributed by atoms with van der Waals surface area (Å²) < 4.78 is 4.65. The first-order valence-corrected chi connectivity index (χ1v) is 2.97. The highest BCUT2D eigenvalue weighted by Crippen LogP contribution is 2.00. The molecule has 0 aliphatic heterocycles. The Morgan fingerprint density at radius 3 is 2.73 bits per heavy atom. The van der Waals surface area contributed by atoms with Gasteiger partial charge < -0.3 is 9.52 Å². The molecular formula is C7H6O4. The van der Waals surface area contributed by atoms with Crippen molar-refractivity contribution in [1.29, 1.82) is 0 Å². The number of carboxylic acid groups (broad SMARTS) is 1. The van der Waals surface area contributed by atoms with Gasteiger partial charge in [-0.25, -0.2) is 4.79 Å². The molecule has 4 heteroatoms. The van der Waals surface area contributed by atoms with Gasteiger partial charge >= 0.3 is 5.97 Å². The third-order valence-electron chi connectivity index (χ3n) is 1.18. The molecule has 0 bridgehead atoms. The van der Waals surface area contributed by atoms with Crippen molar-refractivity contribution in [2.45, 2.75) is 6.42 Å². The molecule has 0 amide bonds. The van der Waals surface area contributed by atoms with Gasteiger partial charge in [0.05, 0.1) is 12.5 Å². The minimum absolute atomic E-state index is 0.105. The van der Waals surface area contributed by atoms with Crippen LogP contribution in [-0.2, 0) is 16.0 Å². The molecule has 0 aliphatic carbocycles. The molecule has 11 heavy (non-hydrogen) atoms. The number of Topliss-reactive ketones (excluding diaryl/α,β-unsaturated/α-hetero) is 1. The number of hydrogen-bond acceptors (Lipinski definition) is 3. The second-order valence-corrected chi connectivity index (χ2v) is 2.04. The summed E-state index contributed by atoms with van der Waals surface area (Å²) in [5.41, 5.74) is 0.581. The van der Waals surface area contributed by atoms with E-state index in [2.05, 4.69) is 4.42 Å². The highest BCUT2D eigenvalue weighted by molar-refractivity contribution is 6.33. The fourth-order valence-electron chi connectivity index (χ4n) is 0.654. The summed E-state index contributed by atoms with van der Waals surface area (Å²) in [6.07, 6.45) is 2.64. The maximum atomic E-state index is 10.6. The lowest BCUT2D eigenvalue weighted by Gasteiger charge is -1.88. The number of aliphatic carboxylic acids is 1. The maximum absolute atomic E-state index is 10.6. The molecule has 1 rings (SSSR count). The number of ketones is 1. The van der Waals surface area contributed by atoms with Crippen molar-refractivity contribution in [1.82, 2.24) is 0 Å². The van der Waals surface area contributed by atoms with E-state index < -0.39 is 11.8 Å². The van der Waals surface area contributed by atoms with Crippen LogP contribution in [0.3, 0.4) is 0 Å². The molecule has 0 fully saturated rings. The van der Waals surface area contributed by atoms with E-state index in [9.17, 15) is 9.59 Å². The number of carbonyl (C=O) groups is 2. The Morgan fingerprint density at radius 2 is 2.27 bits per heavy atom. The van der Waals surface area contributed by atoms with Crippen molar-refractivity contribution in [3.8, 4) is 0 Å². The highest BCUT2D eigenvalue weighted by Gasteiger charge is 2.11. The Labute approximate surface area is 62.4 Å². The Morgan fingerprint density at radius 1 is 1.55 bits per heavy atom. The lowest BCUT2D eigenvalue weighted by Crippen LogP contribution is -2.14. The molecule has 0 radical (unpaired) electrons. The topological polar surface area (TPSA) is 67.5 Å². The SMILES string of the molecule is O=C(O)C(=O)Cc1ccoc1. The van der Waals surface area contributed by atoms with Gasteiger partial charge in [0.1, 0.15) is 0 Å². The van der Waals surface area contributed by atoms with E-state index in [1.54, 1.807) is 6.07 Å². The van der Waals surface area contributed by atoms with Crippen molar-refractivity contribution < 1.29 is 19.1 Å². The fourth-order valence-corrected chi connectivity index (χ4v) is 0.654. The third kappa shape index (κ3) is 1.93. The summed E-state index contributed by atoms with van der Waals surface area (Å²) >= 11 is 0. The van der Waals surface area contributed by atoms with Gasteiger partial charge in [0.2, 0.25) is 5.78 Å². The van der Waals surface area contributed by atoms with Crippen LogP contribution in [0.25, 0.3) is 0 Å². The molecular weight excluding hydrogens is 148 g/mol. The highest BCUT2D eigenvalue weighted by atomic mass is 16.4. The summed E-state index contributed by atoms with van der Waals surface area (Å²) in [5.74, 6) is -2.24. The van der Waals surface area contributed by atoms with Gasteiger partial charge in [-0.05, 0) is 11.6 Å². The van der Waals surface area contributed by atoms with Crippen LogP contribution < -0.4 is 0 Å². The molecule has 0 spiro atoms. The van der Waals surface area contributed by atoms with Gasteiger partial charge in [-0.15, -0.1) is 0 Å². The summed E-state index contributed by atoms with van der Waals surface area (Å²) in [7, 11) is 0. The van der Waals surface area contributed by atoms with Gasteiger partial charge in [0.25, 0.3) is 0 Å². The van der Waals surface area contributed by atoms with Crippen molar-refractivity contribution >= 4 is 11.8 Å². The third-order valence-corrected chi connectivity index (χ3v) is 1.18. The molecule has 58 valence electrons. The van der Waals surface area contributed by atoms with Gasteiger partial charge in [-0.3, -0.25) is 4.79 Å². The van der Waals surface area contributed by atoms with E-state index >= 15 is 0 Å². The van der Waals surface area contributed by atoms with E-state index in [-0.39, 0.29) is 6.42 Å². The first-order chi connectivity index (χ1) is 5.20. The summed E-state index contributed by atoms with van der Waals surface area (Å²) in [4.78, 5) is 20.6. The van der Waals surface area contributed by atoms with Crippen LogP contribution in [0.4, 0.5) is 0 Å². The second-order valence-electron chi connectivity index (χ2n) is 2.04. The molecule has 0 aromatic carbocycles. The van der Waals surface area contributed by atoms with Gasteiger partial charge in [0.15, 0.2) is 0 Å². The van der Waals surface area contributed by atoms with Crippen LogP contribution in [-0.4, -0.2) is 16.9 Å². The van der Waals surface area contributed by atoms with Crippen LogP contribution in [0.2, 0.25) is 0 Å². The maximum Gasteiger partial charge on any atom is 0.372 e. The van der Waals surface area contributed by atoms with Crippen LogP contribution >= 0.6 is 0 Å². The van der Waals surface area contributed by atoms with Gasteiger partial charge in [-0.1, -0.05) is 0 Å². The standard InChI is InChI=1S/C7H6O4/c8-6(7(9)10)3-5-1-2-11-4-5/h1-2,4H,3H2,(H,9,10). The van der Waals surface area contributed by atoms with E-state index in [0.717, 1.165) is 0 Å². The van der Waals surface area contributed by atoms with Crippen molar-refractivity contribution in [3.05, 3.63) is 24.2 Å². The van der Waals surface area contributed by atoms with Crippen LogP contribution in [0.15, 0.2) is 23.0 Å². The minimum atomic E-state index is -1.41. The Balaban J connectivity index is 2.57. The lowest BCUT2D eigenvalue weighted by molar-refractivity contribution is -0.148. The Bertz CT molecular complexity index is 260. The summed E-state index contributed by atoms with van der Waals surface area (Å²) in [6.45, 7) is 0. The first-order valence-electron chi connectivity index (χ1n) is 2.97. The van der Waals surface area contributed by atoms with Gasteiger partial charge in [0, 0.05) is 6.42 Å². The minimum Gasteiger partial charge on any atom is -0.475 e. The molecule has 0 saturated carbocycles. The summed E-state index contributed by atoms with van der Waals surface area (Å²) in [6, 6.07) is 1.56. The van der Waals surface area contributed by atoms with Crippen molar-refractivity contribution in [3.63, 3.8) is 0 Å². The molecule has 0 unspecified atom stereocenters. The fraction of sp³-hybridized carbons (Fsp3) is 0.143. The van der Waals surface area contributed by atoms with E-state index in [1.807, 2.05) is 0 Å². The largest absolute Gasteiger partial charge is 0.475 e. The second kappa shape index (κ2) is 3.01. The Hall–Kier alpha value is -1.58. The molecule has 4 nitrogen and oxygen atoms in total. The predicted octanol–water partition coefficient (Wildman–Crippen LogP) is 0.476. The quantitative estimate of drug-likeness (QED) is 0.643. The van der Waals surface area contributed by atoms with Crippen molar-refractivity contribution in [2.75, 3.05) is 0 Å². The zero-order chi connectivity index (χ0) is 8.27. The molecule has 1 aromatic rings. The number of rotatable bonds is 3. The molecule has 0 aliphatic rings. The molecule has 1 N–H and O–H groups in total. The number of carboxylic acids is 1. The Kier molecular flexibility index (Phi) is 2.06. The lowest BCUT2D eigenvalue weighted by atomic mass is 10.2. The smallest absolute Gasteiger partial charge is 0.372 e.